The fraction of sp³-hybridized carbons (Fsp3) is 0.286. The van der Waals surface area contributed by atoms with Crippen molar-refractivity contribution in [2.24, 2.45) is 0 Å². The molecule has 0 saturated heterocycles. The van der Waals surface area contributed by atoms with Crippen LogP contribution in [0.2, 0.25) is 0 Å². The summed E-state index contributed by atoms with van der Waals surface area (Å²) in [5.41, 5.74) is 1.71. The average molecular weight is 413 g/mol. The number of aromatic nitrogens is 3. The Balaban J connectivity index is 1.99. The zero-order valence-electron chi connectivity index (χ0n) is 16.8. The Hall–Kier alpha value is -3.00. The van der Waals surface area contributed by atoms with E-state index in [0.717, 1.165) is 22.7 Å². The van der Waals surface area contributed by atoms with Gasteiger partial charge in [0.2, 0.25) is 0 Å². The molecule has 1 aromatic heterocycles. The van der Waals surface area contributed by atoms with Gasteiger partial charge in [-0.1, -0.05) is 23.9 Å². The van der Waals surface area contributed by atoms with Crippen LogP contribution in [0, 0.1) is 0 Å². The highest BCUT2D eigenvalue weighted by molar-refractivity contribution is 7.99. The quantitative estimate of drug-likeness (QED) is 0.408. The number of hydrogen-bond acceptors (Lipinski definition) is 7. The van der Waals surface area contributed by atoms with Gasteiger partial charge in [0, 0.05) is 11.3 Å². The molecule has 0 aliphatic carbocycles. The third-order valence-corrected chi connectivity index (χ3v) is 4.88. The molecule has 1 heterocycles. The molecule has 3 rings (SSSR count). The first-order valence-corrected chi connectivity index (χ1v) is 10.1. The highest BCUT2D eigenvalue weighted by Gasteiger charge is 2.18. The van der Waals surface area contributed by atoms with E-state index in [2.05, 4.69) is 10.2 Å². The van der Waals surface area contributed by atoms with Crippen molar-refractivity contribution in [2.75, 3.05) is 20.0 Å². The molecule has 8 heteroatoms. The Labute approximate surface area is 174 Å². The second-order valence-corrected chi connectivity index (χ2v) is 7.34. The van der Waals surface area contributed by atoms with Crippen LogP contribution in [0.15, 0.2) is 53.7 Å². The van der Waals surface area contributed by atoms with Gasteiger partial charge in [0.05, 0.1) is 26.1 Å². The Morgan fingerprint density at radius 3 is 2.41 bits per heavy atom. The molecule has 0 N–H and O–H groups in total. The maximum absolute atomic E-state index is 12.0. The van der Waals surface area contributed by atoms with Crippen molar-refractivity contribution in [1.29, 1.82) is 0 Å². The summed E-state index contributed by atoms with van der Waals surface area (Å²) in [7, 11) is 3.24. The molecule has 152 valence electrons. The van der Waals surface area contributed by atoms with E-state index in [-0.39, 0.29) is 17.8 Å². The highest BCUT2D eigenvalue weighted by atomic mass is 32.2. The van der Waals surface area contributed by atoms with Crippen LogP contribution in [-0.4, -0.2) is 46.8 Å². The Bertz CT molecular complexity index is 970. The van der Waals surface area contributed by atoms with Crippen molar-refractivity contribution in [2.45, 2.75) is 25.1 Å². The molecule has 0 atom stereocenters. The molecule has 3 aromatic rings. The van der Waals surface area contributed by atoms with E-state index in [1.54, 1.807) is 14.2 Å². The van der Waals surface area contributed by atoms with Crippen molar-refractivity contribution >= 4 is 17.7 Å². The minimum Gasteiger partial charge on any atom is -0.497 e. The third-order valence-electron chi connectivity index (χ3n) is 3.98. The molecule has 0 aliphatic heterocycles. The van der Waals surface area contributed by atoms with E-state index >= 15 is 0 Å². The van der Waals surface area contributed by atoms with Gasteiger partial charge in [-0.05, 0) is 50.2 Å². The minimum atomic E-state index is -0.294. The second kappa shape index (κ2) is 9.47. The van der Waals surface area contributed by atoms with Crippen molar-refractivity contribution in [3.05, 3.63) is 48.5 Å². The fourth-order valence-electron chi connectivity index (χ4n) is 2.70. The number of thioether (sulfide) groups is 1. The molecule has 0 amide bonds. The summed E-state index contributed by atoms with van der Waals surface area (Å²) in [6.07, 6.45) is -0.157. The average Bonchev–Trinajstić information content (AvgIpc) is 3.16. The third kappa shape index (κ3) is 5.08. The molecule has 0 unspecified atom stereocenters. The monoisotopic (exact) mass is 413 g/mol. The van der Waals surface area contributed by atoms with Crippen molar-refractivity contribution in [1.82, 2.24) is 14.8 Å². The van der Waals surface area contributed by atoms with Crippen LogP contribution in [0.4, 0.5) is 0 Å². The van der Waals surface area contributed by atoms with E-state index in [0.29, 0.717) is 11.0 Å². The lowest BCUT2D eigenvalue weighted by atomic mass is 10.2. The van der Waals surface area contributed by atoms with Crippen LogP contribution in [0.25, 0.3) is 17.1 Å². The maximum Gasteiger partial charge on any atom is 0.316 e. The first-order chi connectivity index (χ1) is 14.0. The minimum absolute atomic E-state index is 0.143. The van der Waals surface area contributed by atoms with E-state index < -0.39 is 0 Å². The first kappa shape index (κ1) is 20.7. The summed E-state index contributed by atoms with van der Waals surface area (Å²) in [5.74, 6) is 1.97. The number of rotatable bonds is 8. The summed E-state index contributed by atoms with van der Waals surface area (Å²) in [5, 5.41) is 9.28. The lowest BCUT2D eigenvalue weighted by Gasteiger charge is -2.12. The number of nitrogens with zero attached hydrogens (tertiary/aromatic N) is 3. The van der Waals surface area contributed by atoms with E-state index in [1.165, 1.54) is 11.8 Å². The Morgan fingerprint density at radius 2 is 1.76 bits per heavy atom. The van der Waals surface area contributed by atoms with Crippen LogP contribution in [0.5, 0.6) is 11.5 Å². The first-order valence-electron chi connectivity index (χ1n) is 9.08. The fourth-order valence-corrected chi connectivity index (χ4v) is 3.43. The van der Waals surface area contributed by atoms with Crippen LogP contribution in [-0.2, 0) is 9.53 Å². The zero-order valence-corrected chi connectivity index (χ0v) is 17.6. The molecule has 0 spiro atoms. The molecule has 0 saturated carbocycles. The number of carbonyl (C=O) groups is 1. The van der Waals surface area contributed by atoms with Gasteiger partial charge in [-0.3, -0.25) is 9.36 Å². The van der Waals surface area contributed by atoms with Gasteiger partial charge in [-0.25, -0.2) is 0 Å². The number of esters is 1. The molecule has 0 radical (unpaired) electrons. The van der Waals surface area contributed by atoms with E-state index in [4.69, 9.17) is 14.2 Å². The summed E-state index contributed by atoms with van der Waals surface area (Å²) in [6.45, 7) is 3.65. The summed E-state index contributed by atoms with van der Waals surface area (Å²) in [4.78, 5) is 12.0. The lowest BCUT2D eigenvalue weighted by molar-refractivity contribution is -0.144. The predicted octanol–water partition coefficient (Wildman–Crippen LogP) is 4.00. The van der Waals surface area contributed by atoms with E-state index in [9.17, 15) is 4.79 Å². The molecule has 29 heavy (non-hydrogen) atoms. The second-order valence-electron chi connectivity index (χ2n) is 6.40. The zero-order chi connectivity index (χ0) is 20.8. The number of ether oxygens (including phenoxy) is 3. The van der Waals surface area contributed by atoms with Gasteiger partial charge in [0.1, 0.15) is 11.5 Å². The standard InChI is InChI=1S/C21H23N3O4S/c1-14(2)28-19(25)13-29-21-23-22-20(15-6-5-7-18(12-15)27-4)24(21)16-8-10-17(26-3)11-9-16/h5-12,14H,13H2,1-4H3. The molecule has 0 fully saturated rings. The molecular formula is C21H23N3O4S. The summed E-state index contributed by atoms with van der Waals surface area (Å²) >= 11 is 1.28. The smallest absolute Gasteiger partial charge is 0.316 e. The molecule has 7 nitrogen and oxygen atoms in total. The summed E-state index contributed by atoms with van der Waals surface area (Å²) < 4.78 is 17.7. The molecular weight excluding hydrogens is 390 g/mol. The van der Waals surface area contributed by atoms with Gasteiger partial charge < -0.3 is 14.2 Å². The van der Waals surface area contributed by atoms with Gasteiger partial charge in [0.25, 0.3) is 0 Å². The SMILES string of the molecule is COc1ccc(-n2c(SCC(=O)OC(C)C)nnc2-c2cccc(OC)c2)cc1. The number of methoxy groups -OCH3 is 2. The van der Waals surface area contributed by atoms with Crippen LogP contribution in [0.3, 0.4) is 0 Å². The van der Waals surface area contributed by atoms with Crippen molar-refractivity contribution in [3.8, 4) is 28.6 Å². The lowest BCUT2D eigenvalue weighted by Crippen LogP contribution is -2.13. The van der Waals surface area contributed by atoms with Crippen molar-refractivity contribution in [3.63, 3.8) is 0 Å². The van der Waals surface area contributed by atoms with Crippen molar-refractivity contribution < 1.29 is 19.0 Å². The van der Waals surface area contributed by atoms with Gasteiger partial charge in [-0.15, -0.1) is 10.2 Å². The Kier molecular flexibility index (Phi) is 6.77. The van der Waals surface area contributed by atoms with E-state index in [1.807, 2.05) is 66.9 Å². The highest BCUT2D eigenvalue weighted by Crippen LogP contribution is 2.30. The van der Waals surface area contributed by atoms with Crippen LogP contribution in [0.1, 0.15) is 13.8 Å². The maximum atomic E-state index is 12.0. The number of benzene rings is 2. The molecule has 2 aromatic carbocycles. The normalized spacial score (nSPS) is 10.8. The Morgan fingerprint density at radius 1 is 1.03 bits per heavy atom. The predicted molar refractivity (Wildman–Crippen MR) is 112 cm³/mol. The molecule has 0 bridgehead atoms. The van der Waals surface area contributed by atoms with Gasteiger partial charge >= 0.3 is 5.97 Å². The summed E-state index contributed by atoms with van der Waals surface area (Å²) in [6, 6.07) is 15.2. The van der Waals surface area contributed by atoms with Crippen LogP contribution >= 0.6 is 11.8 Å². The van der Waals surface area contributed by atoms with Gasteiger partial charge in [-0.2, -0.15) is 0 Å². The van der Waals surface area contributed by atoms with Crippen LogP contribution < -0.4 is 9.47 Å². The topological polar surface area (TPSA) is 75.5 Å². The van der Waals surface area contributed by atoms with Gasteiger partial charge in [0.15, 0.2) is 11.0 Å². The number of carbonyl (C=O) groups excluding carboxylic acids is 1. The molecule has 0 aliphatic rings. The largest absolute Gasteiger partial charge is 0.497 e. The number of hydrogen-bond donors (Lipinski definition) is 0.